The smallest absolute Gasteiger partial charge is 0.238 e. The number of alkyl halides is 1. The molecule has 7 heavy (non-hydrogen) atoms. The topological polar surface area (TPSA) is 43.1 Å². The lowest BCUT2D eigenvalue weighted by Crippen LogP contribution is -2.24. The number of halogens is 1. The first-order valence-corrected chi connectivity index (χ1v) is 2.52. The minimum Gasteiger partial charge on any atom is -0.368 e. The predicted octanol–water partition coefficient (Wildman–Crippen LogP) is 0.243. The van der Waals surface area contributed by atoms with Gasteiger partial charge in [-0.05, 0) is 12.8 Å². The lowest BCUT2D eigenvalue weighted by atomic mass is 10.4. The molecule has 1 aliphatic rings. The molecule has 0 aromatic carbocycles. The molecule has 0 saturated heterocycles. The van der Waals surface area contributed by atoms with Gasteiger partial charge in [-0.25, -0.2) is 0 Å². The van der Waals surface area contributed by atoms with Gasteiger partial charge in [0, 0.05) is 0 Å². The van der Waals surface area contributed by atoms with Gasteiger partial charge in [0.15, 0.2) is 0 Å². The van der Waals surface area contributed by atoms with Crippen LogP contribution in [0.15, 0.2) is 0 Å². The van der Waals surface area contributed by atoms with Crippen molar-refractivity contribution < 1.29 is 4.79 Å². The largest absolute Gasteiger partial charge is 0.368 e. The predicted molar refractivity (Wildman–Crippen MR) is 27.0 cm³/mol. The van der Waals surface area contributed by atoms with Crippen molar-refractivity contribution in [1.29, 1.82) is 0 Å². The van der Waals surface area contributed by atoms with Crippen molar-refractivity contribution in [1.82, 2.24) is 0 Å². The molecule has 0 spiro atoms. The Balaban J connectivity index is 2.55. The van der Waals surface area contributed by atoms with Crippen molar-refractivity contribution in [2.45, 2.75) is 17.7 Å². The molecule has 1 fully saturated rings. The van der Waals surface area contributed by atoms with E-state index < -0.39 is 4.87 Å². The second kappa shape index (κ2) is 1.13. The Morgan fingerprint density at radius 3 is 2.14 bits per heavy atom. The highest BCUT2D eigenvalue weighted by Gasteiger charge is 2.46. The zero-order valence-corrected chi connectivity index (χ0v) is 4.53. The van der Waals surface area contributed by atoms with E-state index in [1.54, 1.807) is 0 Å². The fourth-order valence-corrected chi connectivity index (χ4v) is 0.451. The Morgan fingerprint density at radius 1 is 1.71 bits per heavy atom. The SMILES string of the molecule is NC(=O)C1(Cl)CC1. The van der Waals surface area contributed by atoms with Crippen LogP contribution in [-0.2, 0) is 4.79 Å². The minimum atomic E-state index is -0.639. The Labute approximate surface area is 46.6 Å². The Hall–Kier alpha value is -0.240. The summed E-state index contributed by atoms with van der Waals surface area (Å²) in [7, 11) is 0. The van der Waals surface area contributed by atoms with Gasteiger partial charge in [0.25, 0.3) is 0 Å². The normalized spacial score (nSPS) is 24.1. The van der Waals surface area contributed by atoms with Crippen molar-refractivity contribution in [2.75, 3.05) is 0 Å². The maximum Gasteiger partial charge on any atom is 0.238 e. The molecule has 1 saturated carbocycles. The van der Waals surface area contributed by atoms with Crippen LogP contribution in [0.3, 0.4) is 0 Å². The maximum absolute atomic E-state index is 10.2. The molecule has 0 bridgehead atoms. The molecule has 1 rings (SSSR count). The van der Waals surface area contributed by atoms with Crippen LogP contribution in [0.4, 0.5) is 0 Å². The van der Waals surface area contributed by atoms with E-state index in [0.717, 1.165) is 12.8 Å². The first kappa shape index (κ1) is 4.91. The minimum absolute atomic E-state index is 0.380. The molecule has 0 aliphatic heterocycles. The van der Waals surface area contributed by atoms with E-state index in [2.05, 4.69) is 0 Å². The summed E-state index contributed by atoms with van der Waals surface area (Å²) >= 11 is 5.50. The number of primary amides is 1. The van der Waals surface area contributed by atoms with Crippen LogP contribution < -0.4 is 5.73 Å². The molecule has 40 valence electrons. The molecule has 0 radical (unpaired) electrons. The first-order chi connectivity index (χ1) is 3.15. The van der Waals surface area contributed by atoms with Crippen molar-refractivity contribution >= 4 is 17.5 Å². The second-order valence-corrected chi connectivity index (χ2v) is 2.55. The molecular formula is C4H6ClNO. The first-order valence-electron chi connectivity index (χ1n) is 2.14. The van der Waals surface area contributed by atoms with Crippen LogP contribution in [0.2, 0.25) is 0 Å². The number of hydrogen-bond acceptors (Lipinski definition) is 1. The van der Waals surface area contributed by atoms with Crippen molar-refractivity contribution in [3.8, 4) is 0 Å². The van der Waals surface area contributed by atoms with Crippen LogP contribution in [0, 0.1) is 0 Å². The molecule has 1 aliphatic carbocycles. The van der Waals surface area contributed by atoms with E-state index in [1.807, 2.05) is 0 Å². The summed E-state index contributed by atoms with van der Waals surface area (Å²) in [4.78, 5) is 9.53. The highest BCUT2D eigenvalue weighted by atomic mass is 35.5. The third kappa shape index (κ3) is 0.703. The fraction of sp³-hybridized carbons (Fsp3) is 0.750. The number of nitrogens with two attached hydrogens (primary N) is 1. The number of rotatable bonds is 1. The molecule has 2 N–H and O–H groups in total. The molecule has 0 atom stereocenters. The van der Waals surface area contributed by atoms with Crippen molar-refractivity contribution in [3.63, 3.8) is 0 Å². The molecule has 1 amide bonds. The standard InChI is InChI=1S/C4H6ClNO/c5-4(1-2-4)3(6)7/h1-2H2,(H2,6,7). The van der Waals surface area contributed by atoms with Gasteiger partial charge in [0.1, 0.15) is 4.87 Å². The van der Waals surface area contributed by atoms with E-state index in [0.29, 0.717) is 0 Å². The van der Waals surface area contributed by atoms with Crippen LogP contribution in [0.25, 0.3) is 0 Å². The summed E-state index contributed by atoms with van der Waals surface area (Å²) in [6.45, 7) is 0. The van der Waals surface area contributed by atoms with E-state index in [-0.39, 0.29) is 5.91 Å². The lowest BCUT2D eigenvalue weighted by molar-refractivity contribution is -0.118. The quantitative estimate of drug-likeness (QED) is 0.494. The van der Waals surface area contributed by atoms with Gasteiger partial charge in [-0.15, -0.1) is 11.6 Å². The van der Waals surface area contributed by atoms with Gasteiger partial charge in [-0.3, -0.25) is 4.79 Å². The van der Waals surface area contributed by atoms with Crippen LogP contribution in [0.5, 0.6) is 0 Å². The molecule has 0 unspecified atom stereocenters. The fourth-order valence-electron chi connectivity index (χ4n) is 0.356. The monoisotopic (exact) mass is 119 g/mol. The molecule has 3 heteroatoms. The average molecular weight is 120 g/mol. The Bertz CT molecular complexity index is 108. The van der Waals surface area contributed by atoms with E-state index in [1.165, 1.54) is 0 Å². The second-order valence-electron chi connectivity index (χ2n) is 1.83. The summed E-state index contributed by atoms with van der Waals surface area (Å²) in [6.07, 6.45) is 1.51. The Morgan fingerprint density at radius 2 is 2.14 bits per heavy atom. The van der Waals surface area contributed by atoms with Gasteiger partial charge in [0.05, 0.1) is 0 Å². The van der Waals surface area contributed by atoms with Crippen molar-refractivity contribution in [2.24, 2.45) is 5.73 Å². The third-order valence-corrected chi connectivity index (χ3v) is 1.69. The summed E-state index contributed by atoms with van der Waals surface area (Å²) in [5.41, 5.74) is 4.86. The van der Waals surface area contributed by atoms with Gasteiger partial charge < -0.3 is 5.73 Å². The Kier molecular flexibility index (Phi) is 0.790. The van der Waals surface area contributed by atoms with E-state index in [9.17, 15) is 4.79 Å². The summed E-state index contributed by atoms with van der Waals surface area (Å²) in [5, 5.41) is 0. The molecule has 2 nitrogen and oxygen atoms in total. The molecule has 0 aromatic heterocycles. The zero-order valence-electron chi connectivity index (χ0n) is 3.78. The van der Waals surface area contributed by atoms with Gasteiger partial charge in [-0.2, -0.15) is 0 Å². The highest BCUT2D eigenvalue weighted by Crippen LogP contribution is 2.41. The van der Waals surface area contributed by atoms with Gasteiger partial charge >= 0.3 is 0 Å². The van der Waals surface area contributed by atoms with Crippen LogP contribution >= 0.6 is 11.6 Å². The highest BCUT2D eigenvalue weighted by molar-refractivity contribution is 6.36. The zero-order chi connectivity index (χ0) is 5.49. The van der Waals surface area contributed by atoms with Crippen LogP contribution in [-0.4, -0.2) is 10.8 Å². The summed E-state index contributed by atoms with van der Waals surface area (Å²) in [5.74, 6) is -0.380. The molecular weight excluding hydrogens is 114 g/mol. The van der Waals surface area contributed by atoms with Gasteiger partial charge in [0.2, 0.25) is 5.91 Å². The summed E-state index contributed by atoms with van der Waals surface area (Å²) < 4.78 is 0. The maximum atomic E-state index is 10.2. The number of carbonyl (C=O) groups is 1. The van der Waals surface area contributed by atoms with Crippen LogP contribution in [0.1, 0.15) is 12.8 Å². The lowest BCUT2D eigenvalue weighted by Gasteiger charge is -1.93. The number of hydrogen-bond donors (Lipinski definition) is 1. The summed E-state index contributed by atoms with van der Waals surface area (Å²) in [6, 6.07) is 0. The molecule has 0 aromatic rings. The number of carbonyl (C=O) groups excluding carboxylic acids is 1. The van der Waals surface area contributed by atoms with Crippen molar-refractivity contribution in [3.05, 3.63) is 0 Å². The third-order valence-electron chi connectivity index (χ3n) is 1.13. The number of amides is 1. The van der Waals surface area contributed by atoms with E-state index in [4.69, 9.17) is 17.3 Å². The van der Waals surface area contributed by atoms with E-state index >= 15 is 0 Å². The average Bonchev–Trinajstić information content (AvgIpc) is 2.21. The molecule has 0 heterocycles. The van der Waals surface area contributed by atoms with Gasteiger partial charge in [-0.1, -0.05) is 0 Å².